The summed E-state index contributed by atoms with van der Waals surface area (Å²) in [5, 5.41) is 12.0. The van der Waals surface area contributed by atoms with Crippen molar-refractivity contribution in [3.05, 3.63) is 59.2 Å². The van der Waals surface area contributed by atoms with Crippen molar-refractivity contribution in [1.82, 2.24) is 0 Å². The standard InChI is InChI=1S/C20H17N3O3/c21-11-14-4-1-2-5-15(14)12-26-20(25)13-7-8-17-16(10-13)22-19(24)18-6-3-9-23(17)18/h1-2,4-5,7-8,10,18H,3,6,9,12H2,(H,22,24)/t18-/m1/s1. The Hall–Kier alpha value is -3.33. The molecule has 2 aliphatic heterocycles. The number of benzene rings is 2. The van der Waals surface area contributed by atoms with Gasteiger partial charge in [0.25, 0.3) is 0 Å². The maximum Gasteiger partial charge on any atom is 0.338 e. The first-order valence-electron chi connectivity index (χ1n) is 8.54. The predicted molar refractivity (Wildman–Crippen MR) is 95.7 cm³/mol. The van der Waals surface area contributed by atoms with Crippen LogP contribution in [-0.4, -0.2) is 24.5 Å². The first-order chi connectivity index (χ1) is 12.7. The average Bonchev–Trinajstić information content (AvgIpc) is 3.16. The van der Waals surface area contributed by atoms with E-state index < -0.39 is 5.97 Å². The van der Waals surface area contributed by atoms with Gasteiger partial charge < -0.3 is 15.0 Å². The third-order valence-electron chi connectivity index (χ3n) is 4.85. The van der Waals surface area contributed by atoms with Crippen LogP contribution in [-0.2, 0) is 16.1 Å². The normalized spacial score (nSPS) is 17.7. The molecule has 0 saturated carbocycles. The Morgan fingerprint density at radius 3 is 3.00 bits per heavy atom. The molecule has 6 heteroatoms. The number of hydrogen-bond acceptors (Lipinski definition) is 5. The van der Waals surface area contributed by atoms with Crippen molar-refractivity contribution in [2.24, 2.45) is 0 Å². The number of fused-ring (bicyclic) bond motifs is 3. The van der Waals surface area contributed by atoms with Crippen LogP contribution in [0, 0.1) is 11.3 Å². The van der Waals surface area contributed by atoms with E-state index in [-0.39, 0.29) is 18.6 Å². The van der Waals surface area contributed by atoms with E-state index in [9.17, 15) is 9.59 Å². The van der Waals surface area contributed by atoms with Gasteiger partial charge in [-0.05, 0) is 37.1 Å². The Labute approximate surface area is 151 Å². The van der Waals surface area contributed by atoms with Crippen LogP contribution >= 0.6 is 0 Å². The van der Waals surface area contributed by atoms with Crippen LogP contribution < -0.4 is 10.2 Å². The van der Waals surface area contributed by atoms with Gasteiger partial charge in [-0.2, -0.15) is 5.26 Å². The third kappa shape index (κ3) is 2.78. The zero-order valence-electron chi connectivity index (χ0n) is 14.1. The fourth-order valence-corrected chi connectivity index (χ4v) is 3.54. The molecule has 0 bridgehead atoms. The highest BCUT2D eigenvalue weighted by molar-refractivity contribution is 6.05. The summed E-state index contributed by atoms with van der Waals surface area (Å²) >= 11 is 0. The lowest BCUT2D eigenvalue weighted by Gasteiger charge is -2.33. The van der Waals surface area contributed by atoms with Crippen molar-refractivity contribution >= 4 is 23.3 Å². The molecule has 0 aliphatic carbocycles. The van der Waals surface area contributed by atoms with Gasteiger partial charge >= 0.3 is 5.97 Å². The summed E-state index contributed by atoms with van der Waals surface area (Å²) in [5.74, 6) is -0.512. The van der Waals surface area contributed by atoms with E-state index in [1.54, 1.807) is 36.4 Å². The zero-order valence-corrected chi connectivity index (χ0v) is 14.1. The van der Waals surface area contributed by atoms with E-state index >= 15 is 0 Å². The number of amides is 1. The number of carbonyl (C=O) groups is 2. The lowest BCUT2D eigenvalue weighted by atomic mass is 10.1. The molecule has 1 atom stereocenters. The number of anilines is 2. The van der Waals surface area contributed by atoms with Gasteiger partial charge in [-0.1, -0.05) is 18.2 Å². The van der Waals surface area contributed by atoms with Gasteiger partial charge in [0, 0.05) is 12.1 Å². The van der Waals surface area contributed by atoms with Gasteiger partial charge in [-0.3, -0.25) is 4.79 Å². The summed E-state index contributed by atoms with van der Waals surface area (Å²) in [4.78, 5) is 26.7. The fraction of sp³-hybridized carbons (Fsp3) is 0.250. The summed E-state index contributed by atoms with van der Waals surface area (Å²) < 4.78 is 5.34. The van der Waals surface area contributed by atoms with E-state index in [2.05, 4.69) is 16.3 Å². The smallest absolute Gasteiger partial charge is 0.338 e. The van der Waals surface area contributed by atoms with E-state index in [0.717, 1.165) is 25.1 Å². The first kappa shape index (κ1) is 16.2. The summed E-state index contributed by atoms with van der Waals surface area (Å²) in [5.41, 5.74) is 3.10. The second-order valence-corrected chi connectivity index (χ2v) is 6.42. The summed E-state index contributed by atoms with van der Waals surface area (Å²) in [6.45, 7) is 0.875. The second-order valence-electron chi connectivity index (χ2n) is 6.42. The Morgan fingerprint density at radius 1 is 1.31 bits per heavy atom. The molecule has 2 heterocycles. The van der Waals surface area contributed by atoms with Gasteiger partial charge in [0.05, 0.1) is 28.6 Å². The van der Waals surface area contributed by atoms with E-state index in [1.165, 1.54) is 0 Å². The number of rotatable bonds is 3. The van der Waals surface area contributed by atoms with Crippen LogP contribution in [0.2, 0.25) is 0 Å². The molecule has 1 fully saturated rings. The number of nitrogens with zero attached hydrogens (tertiary/aromatic N) is 2. The molecule has 2 aliphatic rings. The van der Waals surface area contributed by atoms with Crippen LogP contribution in [0.3, 0.4) is 0 Å². The van der Waals surface area contributed by atoms with Crippen molar-refractivity contribution in [2.75, 3.05) is 16.8 Å². The first-order valence-corrected chi connectivity index (χ1v) is 8.54. The van der Waals surface area contributed by atoms with Gasteiger partial charge in [0.15, 0.2) is 0 Å². The van der Waals surface area contributed by atoms with E-state index in [1.807, 2.05) is 6.07 Å². The third-order valence-corrected chi connectivity index (χ3v) is 4.85. The molecular weight excluding hydrogens is 330 g/mol. The molecule has 1 N–H and O–H groups in total. The molecule has 6 nitrogen and oxygen atoms in total. The van der Waals surface area contributed by atoms with Gasteiger partial charge in [0.2, 0.25) is 5.91 Å². The van der Waals surface area contributed by atoms with Crippen LogP contribution in [0.15, 0.2) is 42.5 Å². The van der Waals surface area contributed by atoms with Crippen molar-refractivity contribution in [3.63, 3.8) is 0 Å². The van der Waals surface area contributed by atoms with Crippen LogP contribution in [0.25, 0.3) is 0 Å². The monoisotopic (exact) mass is 347 g/mol. The lowest BCUT2D eigenvalue weighted by Crippen LogP contribution is -2.43. The van der Waals surface area contributed by atoms with Crippen molar-refractivity contribution in [2.45, 2.75) is 25.5 Å². The van der Waals surface area contributed by atoms with E-state index in [0.29, 0.717) is 22.4 Å². The molecule has 1 amide bonds. The highest BCUT2D eigenvalue weighted by atomic mass is 16.5. The summed E-state index contributed by atoms with van der Waals surface area (Å²) in [7, 11) is 0. The quantitative estimate of drug-likeness (QED) is 0.864. The Balaban J connectivity index is 1.52. The van der Waals surface area contributed by atoms with E-state index in [4.69, 9.17) is 10.00 Å². The number of hydrogen-bond donors (Lipinski definition) is 1. The molecule has 0 aromatic heterocycles. The summed E-state index contributed by atoms with van der Waals surface area (Å²) in [6.07, 6.45) is 1.84. The fourth-order valence-electron chi connectivity index (χ4n) is 3.54. The Bertz CT molecular complexity index is 932. The number of ether oxygens (including phenoxy) is 1. The van der Waals surface area contributed by atoms with Crippen molar-refractivity contribution in [1.29, 1.82) is 5.26 Å². The molecule has 0 unspecified atom stereocenters. The zero-order chi connectivity index (χ0) is 18.1. The van der Waals surface area contributed by atoms with Crippen LogP contribution in [0.1, 0.15) is 34.3 Å². The maximum absolute atomic E-state index is 12.4. The number of nitriles is 1. The second kappa shape index (κ2) is 6.52. The SMILES string of the molecule is N#Cc1ccccc1COC(=O)c1ccc2c(c1)NC(=O)[C@H]1CCCN21. The Morgan fingerprint density at radius 2 is 2.15 bits per heavy atom. The molecule has 2 aromatic carbocycles. The molecule has 4 rings (SSSR count). The van der Waals surface area contributed by atoms with Gasteiger partial charge in [-0.15, -0.1) is 0 Å². The molecule has 1 saturated heterocycles. The minimum absolute atomic E-state index is 0.0246. The van der Waals surface area contributed by atoms with Crippen molar-refractivity contribution < 1.29 is 14.3 Å². The number of carbonyl (C=O) groups excluding carboxylic acids is 2. The number of nitrogens with one attached hydrogen (secondary N) is 1. The van der Waals surface area contributed by atoms with Crippen LogP contribution in [0.4, 0.5) is 11.4 Å². The predicted octanol–water partition coefficient (Wildman–Crippen LogP) is 2.84. The lowest BCUT2D eigenvalue weighted by molar-refractivity contribution is -0.117. The maximum atomic E-state index is 12.4. The molecule has 26 heavy (non-hydrogen) atoms. The molecule has 2 aromatic rings. The van der Waals surface area contributed by atoms with Gasteiger partial charge in [0.1, 0.15) is 12.6 Å². The largest absolute Gasteiger partial charge is 0.457 e. The minimum Gasteiger partial charge on any atom is -0.457 e. The molecule has 130 valence electrons. The average molecular weight is 347 g/mol. The highest BCUT2D eigenvalue weighted by Gasteiger charge is 2.36. The molecule has 0 spiro atoms. The Kier molecular flexibility index (Phi) is 4.05. The van der Waals surface area contributed by atoms with Crippen molar-refractivity contribution in [3.8, 4) is 6.07 Å². The minimum atomic E-state index is -0.488. The van der Waals surface area contributed by atoms with Gasteiger partial charge in [-0.25, -0.2) is 4.79 Å². The number of esters is 1. The highest BCUT2D eigenvalue weighted by Crippen LogP contribution is 2.37. The molecule has 0 radical (unpaired) electrons. The molecular formula is C20H17N3O3. The topological polar surface area (TPSA) is 82.4 Å². The summed E-state index contributed by atoms with van der Waals surface area (Å²) in [6, 6.07) is 14.2. The van der Waals surface area contributed by atoms with Crippen LogP contribution in [0.5, 0.6) is 0 Å².